The van der Waals surface area contributed by atoms with Gasteiger partial charge in [0.2, 0.25) is 0 Å². The smallest absolute Gasteiger partial charge is 0.259 e. The van der Waals surface area contributed by atoms with Gasteiger partial charge in [-0.25, -0.2) is 0 Å². The second kappa shape index (κ2) is 6.93. The number of nitrogens with one attached hydrogen (secondary N) is 1. The summed E-state index contributed by atoms with van der Waals surface area (Å²) in [6.07, 6.45) is 1.78. The van der Waals surface area contributed by atoms with Crippen LogP contribution >= 0.6 is 0 Å². The zero-order chi connectivity index (χ0) is 18.0. The molecular formula is C19H23N5O. The van der Waals surface area contributed by atoms with E-state index in [1.807, 2.05) is 56.6 Å². The van der Waals surface area contributed by atoms with E-state index in [9.17, 15) is 4.79 Å². The van der Waals surface area contributed by atoms with E-state index in [0.29, 0.717) is 12.1 Å². The largest absolute Gasteiger partial charge is 0.322 e. The van der Waals surface area contributed by atoms with Gasteiger partial charge >= 0.3 is 0 Å². The third-order valence-corrected chi connectivity index (χ3v) is 4.14. The molecule has 0 saturated heterocycles. The van der Waals surface area contributed by atoms with Crippen LogP contribution in [0, 0.1) is 20.8 Å². The second-order valence-corrected chi connectivity index (χ2v) is 6.22. The van der Waals surface area contributed by atoms with Crippen LogP contribution in [0.15, 0.2) is 36.5 Å². The average Bonchev–Trinajstić information content (AvgIpc) is 3.09. The molecule has 1 amide bonds. The Morgan fingerprint density at radius 3 is 2.60 bits per heavy atom. The van der Waals surface area contributed by atoms with Gasteiger partial charge in [0.25, 0.3) is 5.91 Å². The second-order valence-electron chi connectivity index (χ2n) is 6.22. The molecule has 25 heavy (non-hydrogen) atoms. The molecule has 0 aliphatic heterocycles. The summed E-state index contributed by atoms with van der Waals surface area (Å²) in [5.41, 5.74) is 5.32. The van der Waals surface area contributed by atoms with Crippen LogP contribution in [-0.4, -0.2) is 25.5 Å². The fraction of sp³-hybridized carbons (Fsp3) is 0.316. The van der Waals surface area contributed by atoms with Crippen molar-refractivity contribution in [1.29, 1.82) is 0 Å². The van der Waals surface area contributed by atoms with Gasteiger partial charge in [-0.2, -0.15) is 10.2 Å². The highest BCUT2D eigenvalue weighted by Crippen LogP contribution is 2.15. The number of benzene rings is 1. The van der Waals surface area contributed by atoms with E-state index in [1.165, 1.54) is 0 Å². The summed E-state index contributed by atoms with van der Waals surface area (Å²) in [6, 6.07) is 9.90. The molecule has 1 N–H and O–H groups in total. The zero-order valence-corrected chi connectivity index (χ0v) is 15.1. The SMILES string of the molecule is CCn1cc(C(=O)Nc2cccc(Cn3nc(C)cc3C)c2)c(C)n1. The van der Waals surface area contributed by atoms with Gasteiger partial charge in [0.1, 0.15) is 0 Å². The van der Waals surface area contributed by atoms with E-state index in [0.717, 1.165) is 34.9 Å². The van der Waals surface area contributed by atoms with Crippen LogP contribution in [0.1, 0.15) is 39.9 Å². The van der Waals surface area contributed by atoms with Crippen molar-refractivity contribution < 1.29 is 4.79 Å². The van der Waals surface area contributed by atoms with Gasteiger partial charge in [0, 0.05) is 24.1 Å². The van der Waals surface area contributed by atoms with Gasteiger partial charge in [-0.3, -0.25) is 14.2 Å². The normalized spacial score (nSPS) is 10.9. The number of aromatic nitrogens is 4. The fourth-order valence-electron chi connectivity index (χ4n) is 2.86. The van der Waals surface area contributed by atoms with Crippen molar-refractivity contribution in [3.63, 3.8) is 0 Å². The first kappa shape index (κ1) is 17.0. The van der Waals surface area contributed by atoms with E-state index >= 15 is 0 Å². The number of amides is 1. The Morgan fingerprint density at radius 1 is 1.16 bits per heavy atom. The Labute approximate surface area is 147 Å². The van der Waals surface area contributed by atoms with Crippen molar-refractivity contribution in [3.05, 3.63) is 64.7 Å². The standard InChI is InChI=1S/C19H23N5O/c1-5-23-12-18(15(4)22-23)19(25)20-17-8-6-7-16(10-17)11-24-14(3)9-13(2)21-24/h6-10,12H,5,11H2,1-4H3,(H,20,25). The van der Waals surface area contributed by atoms with Crippen LogP contribution in [0.5, 0.6) is 0 Å². The van der Waals surface area contributed by atoms with Crippen molar-refractivity contribution in [2.24, 2.45) is 0 Å². The maximum Gasteiger partial charge on any atom is 0.259 e. The highest BCUT2D eigenvalue weighted by molar-refractivity contribution is 6.04. The molecule has 0 spiro atoms. The fourth-order valence-corrected chi connectivity index (χ4v) is 2.86. The van der Waals surface area contributed by atoms with Crippen molar-refractivity contribution in [2.75, 3.05) is 5.32 Å². The van der Waals surface area contributed by atoms with E-state index in [1.54, 1.807) is 10.9 Å². The average molecular weight is 337 g/mol. The maximum absolute atomic E-state index is 12.5. The number of hydrogen-bond donors (Lipinski definition) is 1. The van der Waals surface area contributed by atoms with Crippen molar-refractivity contribution >= 4 is 11.6 Å². The van der Waals surface area contributed by atoms with Crippen LogP contribution in [0.3, 0.4) is 0 Å². The Balaban J connectivity index is 1.76. The number of carbonyl (C=O) groups excluding carboxylic acids is 1. The molecule has 0 unspecified atom stereocenters. The number of rotatable bonds is 5. The van der Waals surface area contributed by atoms with Crippen LogP contribution in [-0.2, 0) is 13.1 Å². The van der Waals surface area contributed by atoms with Crippen LogP contribution < -0.4 is 5.32 Å². The summed E-state index contributed by atoms with van der Waals surface area (Å²) in [6.45, 7) is 9.29. The quantitative estimate of drug-likeness (QED) is 0.777. The molecule has 0 atom stereocenters. The minimum atomic E-state index is -0.138. The first-order valence-electron chi connectivity index (χ1n) is 8.41. The lowest BCUT2D eigenvalue weighted by Gasteiger charge is -2.08. The zero-order valence-electron chi connectivity index (χ0n) is 15.1. The molecule has 3 aromatic rings. The minimum Gasteiger partial charge on any atom is -0.322 e. The van der Waals surface area contributed by atoms with Gasteiger partial charge in [0.15, 0.2) is 0 Å². The molecule has 6 heteroatoms. The Morgan fingerprint density at radius 2 is 1.96 bits per heavy atom. The molecule has 0 saturated carbocycles. The molecule has 0 radical (unpaired) electrons. The summed E-state index contributed by atoms with van der Waals surface area (Å²) in [7, 11) is 0. The Kier molecular flexibility index (Phi) is 4.70. The minimum absolute atomic E-state index is 0.138. The van der Waals surface area contributed by atoms with Gasteiger partial charge in [-0.05, 0) is 51.5 Å². The lowest BCUT2D eigenvalue weighted by molar-refractivity contribution is 0.102. The third-order valence-electron chi connectivity index (χ3n) is 4.14. The van der Waals surface area contributed by atoms with Crippen LogP contribution in [0.4, 0.5) is 5.69 Å². The van der Waals surface area contributed by atoms with Crippen molar-refractivity contribution in [1.82, 2.24) is 19.6 Å². The maximum atomic E-state index is 12.5. The Hall–Kier alpha value is -2.89. The predicted octanol–water partition coefficient (Wildman–Crippen LogP) is 3.33. The van der Waals surface area contributed by atoms with Gasteiger partial charge in [-0.15, -0.1) is 0 Å². The van der Waals surface area contributed by atoms with Gasteiger partial charge in [-0.1, -0.05) is 12.1 Å². The lowest BCUT2D eigenvalue weighted by Crippen LogP contribution is -2.13. The monoisotopic (exact) mass is 337 g/mol. The number of hydrogen-bond acceptors (Lipinski definition) is 3. The summed E-state index contributed by atoms with van der Waals surface area (Å²) in [5.74, 6) is -0.138. The van der Waals surface area contributed by atoms with E-state index in [4.69, 9.17) is 0 Å². The molecule has 130 valence electrons. The summed E-state index contributed by atoms with van der Waals surface area (Å²) in [5, 5.41) is 11.8. The Bertz CT molecular complexity index is 906. The first-order valence-corrected chi connectivity index (χ1v) is 8.41. The van der Waals surface area contributed by atoms with Crippen molar-refractivity contribution in [2.45, 2.75) is 40.8 Å². The van der Waals surface area contributed by atoms with Gasteiger partial charge < -0.3 is 5.32 Å². The topological polar surface area (TPSA) is 64.7 Å². The molecule has 0 aliphatic rings. The van der Waals surface area contributed by atoms with Crippen LogP contribution in [0.25, 0.3) is 0 Å². The van der Waals surface area contributed by atoms with E-state index < -0.39 is 0 Å². The molecule has 6 nitrogen and oxygen atoms in total. The number of nitrogens with zero attached hydrogens (tertiary/aromatic N) is 4. The molecular weight excluding hydrogens is 314 g/mol. The molecule has 2 aromatic heterocycles. The molecule has 1 aromatic carbocycles. The van der Waals surface area contributed by atoms with Gasteiger partial charge in [0.05, 0.1) is 23.5 Å². The number of aryl methyl sites for hydroxylation is 4. The van der Waals surface area contributed by atoms with E-state index in [2.05, 4.69) is 21.6 Å². The molecule has 0 fully saturated rings. The summed E-state index contributed by atoms with van der Waals surface area (Å²) < 4.78 is 3.73. The molecule has 0 bridgehead atoms. The molecule has 3 rings (SSSR count). The van der Waals surface area contributed by atoms with Crippen LogP contribution in [0.2, 0.25) is 0 Å². The van der Waals surface area contributed by atoms with Crippen molar-refractivity contribution in [3.8, 4) is 0 Å². The highest BCUT2D eigenvalue weighted by Gasteiger charge is 2.13. The highest BCUT2D eigenvalue weighted by atomic mass is 16.1. The third kappa shape index (κ3) is 3.79. The number of anilines is 1. The summed E-state index contributed by atoms with van der Waals surface area (Å²) in [4.78, 5) is 12.5. The molecule has 0 aliphatic carbocycles. The predicted molar refractivity (Wildman–Crippen MR) is 97.8 cm³/mol. The van der Waals surface area contributed by atoms with E-state index in [-0.39, 0.29) is 5.91 Å². The summed E-state index contributed by atoms with van der Waals surface area (Å²) >= 11 is 0. The lowest BCUT2D eigenvalue weighted by atomic mass is 10.2. The first-order chi connectivity index (χ1) is 12.0. The molecule has 2 heterocycles. The number of carbonyl (C=O) groups is 1.